The number of carbonyl (C=O) groups excluding carboxylic acids is 1. The van der Waals surface area contributed by atoms with Crippen molar-refractivity contribution >= 4 is 5.91 Å². The molecule has 0 aliphatic rings. The molecule has 27 heavy (non-hydrogen) atoms. The van der Waals surface area contributed by atoms with Crippen LogP contribution in [0.3, 0.4) is 0 Å². The Morgan fingerprint density at radius 2 is 1.67 bits per heavy atom. The van der Waals surface area contributed by atoms with Crippen LogP contribution in [0.5, 0.6) is 11.5 Å². The van der Waals surface area contributed by atoms with Gasteiger partial charge in [-0.25, -0.2) is 0 Å². The monoisotopic (exact) mass is 369 g/mol. The van der Waals surface area contributed by atoms with Crippen molar-refractivity contribution in [1.82, 2.24) is 5.32 Å². The average Bonchev–Trinajstić information content (AvgIpc) is 2.64. The molecule has 1 atom stereocenters. The molecule has 0 heterocycles. The van der Waals surface area contributed by atoms with E-state index in [0.717, 1.165) is 35.5 Å². The number of ether oxygens (including phenoxy) is 2. The van der Waals surface area contributed by atoms with Crippen LogP contribution in [0.15, 0.2) is 42.5 Å². The summed E-state index contributed by atoms with van der Waals surface area (Å²) in [6.07, 6.45) is 1.98. The molecule has 2 aromatic carbocycles. The predicted octanol–water partition coefficient (Wildman–Crippen LogP) is 4.61. The zero-order valence-corrected chi connectivity index (χ0v) is 16.9. The van der Waals surface area contributed by atoms with Gasteiger partial charge in [0.25, 0.3) is 5.91 Å². The van der Waals surface area contributed by atoms with E-state index < -0.39 is 6.10 Å². The highest BCUT2D eigenvalue weighted by atomic mass is 16.5. The van der Waals surface area contributed by atoms with Crippen LogP contribution >= 0.6 is 0 Å². The van der Waals surface area contributed by atoms with Gasteiger partial charge >= 0.3 is 0 Å². The lowest BCUT2D eigenvalue weighted by Crippen LogP contribution is -2.38. The maximum absolute atomic E-state index is 12.4. The smallest absolute Gasteiger partial charge is 0.261 e. The number of carbonyl (C=O) groups is 1. The molecule has 0 spiro atoms. The molecule has 4 heteroatoms. The Hall–Kier alpha value is -2.49. The Kier molecular flexibility index (Phi) is 8.18. The second kappa shape index (κ2) is 10.6. The van der Waals surface area contributed by atoms with Crippen LogP contribution < -0.4 is 14.8 Å². The van der Waals surface area contributed by atoms with Crippen LogP contribution in [-0.4, -0.2) is 25.2 Å². The maximum Gasteiger partial charge on any atom is 0.261 e. The van der Waals surface area contributed by atoms with E-state index in [2.05, 4.69) is 23.5 Å². The molecule has 0 fully saturated rings. The summed E-state index contributed by atoms with van der Waals surface area (Å²) >= 11 is 0. The first kappa shape index (κ1) is 20.8. The summed E-state index contributed by atoms with van der Waals surface area (Å²) in [5, 5.41) is 3.00. The predicted molar refractivity (Wildman–Crippen MR) is 110 cm³/mol. The van der Waals surface area contributed by atoms with Gasteiger partial charge in [0.15, 0.2) is 6.10 Å². The number of rotatable bonds is 10. The van der Waals surface area contributed by atoms with Gasteiger partial charge in [0.2, 0.25) is 0 Å². The first-order valence-electron chi connectivity index (χ1n) is 9.76. The van der Waals surface area contributed by atoms with Crippen molar-refractivity contribution in [3.63, 3.8) is 0 Å². The highest BCUT2D eigenvalue weighted by molar-refractivity contribution is 5.81. The van der Waals surface area contributed by atoms with Gasteiger partial charge in [-0.1, -0.05) is 25.1 Å². The van der Waals surface area contributed by atoms with E-state index in [1.54, 1.807) is 0 Å². The minimum Gasteiger partial charge on any atom is -0.494 e. The largest absolute Gasteiger partial charge is 0.494 e. The third kappa shape index (κ3) is 6.97. The van der Waals surface area contributed by atoms with Crippen LogP contribution in [-0.2, 0) is 11.2 Å². The first-order chi connectivity index (χ1) is 13.0. The lowest BCUT2D eigenvalue weighted by molar-refractivity contribution is -0.128. The van der Waals surface area contributed by atoms with Crippen molar-refractivity contribution < 1.29 is 14.3 Å². The van der Waals surface area contributed by atoms with E-state index in [1.165, 1.54) is 5.56 Å². The van der Waals surface area contributed by atoms with E-state index in [9.17, 15) is 4.79 Å². The molecular weight excluding hydrogens is 338 g/mol. The van der Waals surface area contributed by atoms with Crippen molar-refractivity contribution in [2.75, 3.05) is 13.2 Å². The lowest BCUT2D eigenvalue weighted by atomic mass is 10.1. The molecule has 146 valence electrons. The molecule has 0 radical (unpaired) electrons. The number of benzene rings is 2. The van der Waals surface area contributed by atoms with Crippen LogP contribution in [0, 0.1) is 13.8 Å². The zero-order valence-electron chi connectivity index (χ0n) is 16.9. The molecule has 0 saturated heterocycles. The summed E-state index contributed by atoms with van der Waals surface area (Å²) in [5.41, 5.74) is 3.51. The molecule has 2 aromatic rings. The van der Waals surface area contributed by atoms with Gasteiger partial charge in [0, 0.05) is 6.54 Å². The van der Waals surface area contributed by atoms with Gasteiger partial charge in [-0.3, -0.25) is 4.79 Å². The third-order valence-electron chi connectivity index (χ3n) is 4.31. The van der Waals surface area contributed by atoms with Crippen molar-refractivity contribution in [3.8, 4) is 11.5 Å². The van der Waals surface area contributed by atoms with Crippen molar-refractivity contribution in [2.24, 2.45) is 0 Å². The quantitative estimate of drug-likeness (QED) is 0.622. The summed E-state index contributed by atoms with van der Waals surface area (Å²) in [7, 11) is 0. The van der Waals surface area contributed by atoms with Gasteiger partial charge in [-0.15, -0.1) is 0 Å². The molecule has 0 aromatic heterocycles. The second-order valence-electron chi connectivity index (χ2n) is 6.81. The molecule has 0 aliphatic carbocycles. The van der Waals surface area contributed by atoms with Crippen LogP contribution in [0.1, 0.15) is 43.4 Å². The fraction of sp³-hybridized carbons (Fsp3) is 0.435. The van der Waals surface area contributed by atoms with E-state index in [0.29, 0.717) is 19.6 Å². The average molecular weight is 370 g/mol. The molecular formula is C23H31NO3. The van der Waals surface area contributed by atoms with Crippen LogP contribution in [0.2, 0.25) is 0 Å². The number of amides is 1. The van der Waals surface area contributed by atoms with E-state index in [1.807, 2.05) is 52.0 Å². The molecule has 0 bridgehead atoms. The van der Waals surface area contributed by atoms with Crippen LogP contribution in [0.4, 0.5) is 0 Å². The van der Waals surface area contributed by atoms with E-state index in [-0.39, 0.29) is 5.91 Å². The molecule has 1 amide bonds. The minimum absolute atomic E-state index is 0.0525. The Morgan fingerprint density at radius 3 is 2.26 bits per heavy atom. The Labute approximate surface area is 162 Å². The fourth-order valence-corrected chi connectivity index (χ4v) is 3.02. The number of hydrogen-bond donors (Lipinski definition) is 1. The lowest BCUT2D eigenvalue weighted by Gasteiger charge is -2.18. The maximum atomic E-state index is 12.4. The first-order valence-corrected chi connectivity index (χ1v) is 9.76. The topological polar surface area (TPSA) is 47.6 Å². The van der Waals surface area contributed by atoms with Crippen molar-refractivity contribution in [3.05, 3.63) is 59.2 Å². The standard InChI is InChI=1S/C23H31NO3/c1-5-22(27-21-15-17(3)14-18(4)16-21)23(25)24-13-7-8-19-9-11-20(12-10-19)26-6-2/h9-12,14-16,22H,5-8,13H2,1-4H3,(H,24,25)/t22-/m0/s1. The SMILES string of the molecule is CCOc1ccc(CCCNC(=O)[C@H](CC)Oc2cc(C)cc(C)c2)cc1. The van der Waals surface area contributed by atoms with Crippen LogP contribution in [0.25, 0.3) is 0 Å². The zero-order chi connectivity index (χ0) is 19.6. The molecule has 2 rings (SSSR count). The van der Waals surface area contributed by atoms with Gasteiger partial charge in [0.05, 0.1) is 6.61 Å². The number of aryl methyl sites for hydroxylation is 3. The molecule has 0 unspecified atom stereocenters. The van der Waals surface area contributed by atoms with Gasteiger partial charge in [-0.05, 0) is 81.0 Å². The Bertz CT molecular complexity index is 705. The van der Waals surface area contributed by atoms with Crippen molar-refractivity contribution in [2.45, 2.75) is 53.1 Å². The molecule has 0 saturated carbocycles. The Balaban J connectivity index is 1.77. The van der Waals surface area contributed by atoms with E-state index in [4.69, 9.17) is 9.47 Å². The summed E-state index contributed by atoms with van der Waals surface area (Å²) < 4.78 is 11.4. The van der Waals surface area contributed by atoms with Crippen molar-refractivity contribution in [1.29, 1.82) is 0 Å². The fourth-order valence-electron chi connectivity index (χ4n) is 3.02. The van der Waals surface area contributed by atoms with Gasteiger partial charge in [-0.2, -0.15) is 0 Å². The van der Waals surface area contributed by atoms with Gasteiger partial charge < -0.3 is 14.8 Å². The summed E-state index contributed by atoms with van der Waals surface area (Å²) in [4.78, 5) is 12.4. The molecule has 0 aliphatic heterocycles. The highest BCUT2D eigenvalue weighted by Gasteiger charge is 2.18. The third-order valence-corrected chi connectivity index (χ3v) is 4.31. The second-order valence-corrected chi connectivity index (χ2v) is 6.81. The summed E-state index contributed by atoms with van der Waals surface area (Å²) in [5.74, 6) is 1.59. The summed E-state index contributed by atoms with van der Waals surface area (Å²) in [6.45, 7) is 9.31. The highest BCUT2D eigenvalue weighted by Crippen LogP contribution is 2.18. The van der Waals surface area contributed by atoms with E-state index >= 15 is 0 Å². The van der Waals surface area contributed by atoms with Gasteiger partial charge in [0.1, 0.15) is 11.5 Å². The number of hydrogen-bond acceptors (Lipinski definition) is 3. The summed E-state index contributed by atoms with van der Waals surface area (Å²) in [6, 6.07) is 14.2. The minimum atomic E-state index is -0.461. The normalized spacial score (nSPS) is 11.7. The molecule has 4 nitrogen and oxygen atoms in total. The Morgan fingerprint density at radius 1 is 1.00 bits per heavy atom. The molecule has 1 N–H and O–H groups in total. The number of nitrogens with one attached hydrogen (secondary N) is 1.